The van der Waals surface area contributed by atoms with E-state index in [0.29, 0.717) is 5.69 Å². The van der Waals surface area contributed by atoms with Gasteiger partial charge in [-0.15, -0.1) is 0 Å². The second-order valence-electron chi connectivity index (χ2n) is 4.73. The zero-order valence-corrected chi connectivity index (χ0v) is 11.7. The number of H-pyrrole nitrogens is 1. The normalized spacial score (nSPS) is 15.5. The molecular weight excluding hydrogens is 276 g/mol. The Morgan fingerprint density at radius 1 is 1.20 bits per heavy atom. The van der Waals surface area contributed by atoms with Gasteiger partial charge in [-0.05, 0) is 25.0 Å². The Hall–Kier alpha value is -2.02. The van der Waals surface area contributed by atoms with Gasteiger partial charge in [-0.3, -0.25) is 4.72 Å². The summed E-state index contributed by atoms with van der Waals surface area (Å²) >= 11 is 0. The van der Waals surface area contributed by atoms with Crippen molar-refractivity contribution in [3.05, 3.63) is 36.8 Å². The summed E-state index contributed by atoms with van der Waals surface area (Å²) in [6.45, 7) is 1.92. The predicted octanol–water partition coefficient (Wildman–Crippen LogP) is 1.81. The number of para-hydroxylation sites is 2. The van der Waals surface area contributed by atoms with E-state index >= 15 is 0 Å². The van der Waals surface area contributed by atoms with E-state index in [9.17, 15) is 8.42 Å². The third kappa shape index (κ3) is 2.49. The number of imidazole rings is 1. The predicted molar refractivity (Wildman–Crippen MR) is 77.3 cm³/mol. The van der Waals surface area contributed by atoms with Gasteiger partial charge in [0.15, 0.2) is 5.03 Å². The third-order valence-corrected chi connectivity index (χ3v) is 4.65. The van der Waals surface area contributed by atoms with Crippen LogP contribution in [0.15, 0.2) is 41.8 Å². The van der Waals surface area contributed by atoms with E-state index in [1.54, 1.807) is 6.07 Å². The van der Waals surface area contributed by atoms with E-state index in [0.717, 1.165) is 31.6 Å². The fourth-order valence-corrected chi connectivity index (χ4v) is 3.36. The molecule has 0 bridgehead atoms. The Bertz CT molecular complexity index is 676. The van der Waals surface area contributed by atoms with Crippen LogP contribution in [-0.2, 0) is 10.0 Å². The molecule has 2 N–H and O–H groups in total. The van der Waals surface area contributed by atoms with Gasteiger partial charge in [0.25, 0.3) is 10.0 Å². The molecule has 0 aliphatic carbocycles. The molecule has 1 aromatic heterocycles. The molecular formula is C13H16N4O2S. The number of nitrogens with zero attached hydrogens (tertiary/aromatic N) is 2. The van der Waals surface area contributed by atoms with Crippen molar-refractivity contribution in [3.63, 3.8) is 0 Å². The molecule has 7 heteroatoms. The van der Waals surface area contributed by atoms with Crippen LogP contribution in [0.5, 0.6) is 0 Å². The molecule has 1 aliphatic heterocycles. The highest BCUT2D eigenvalue weighted by Gasteiger charge is 2.20. The van der Waals surface area contributed by atoms with Gasteiger partial charge in [-0.1, -0.05) is 12.1 Å². The molecule has 20 heavy (non-hydrogen) atoms. The van der Waals surface area contributed by atoms with Crippen LogP contribution in [0, 0.1) is 0 Å². The Balaban J connectivity index is 1.91. The Labute approximate surface area is 117 Å². The van der Waals surface area contributed by atoms with E-state index < -0.39 is 10.0 Å². The smallest absolute Gasteiger partial charge is 0.279 e. The zero-order chi connectivity index (χ0) is 14.0. The maximum absolute atomic E-state index is 12.2. The molecule has 2 aromatic rings. The van der Waals surface area contributed by atoms with Gasteiger partial charge >= 0.3 is 0 Å². The zero-order valence-electron chi connectivity index (χ0n) is 10.9. The minimum absolute atomic E-state index is 0.0636. The largest absolute Gasteiger partial charge is 0.370 e. The van der Waals surface area contributed by atoms with Crippen LogP contribution in [0.3, 0.4) is 0 Å². The minimum atomic E-state index is -3.62. The highest BCUT2D eigenvalue weighted by atomic mass is 32.2. The maximum atomic E-state index is 12.2. The van der Waals surface area contributed by atoms with Gasteiger partial charge in [-0.2, -0.15) is 8.42 Å². The van der Waals surface area contributed by atoms with Crippen molar-refractivity contribution in [2.75, 3.05) is 22.7 Å². The molecule has 0 saturated carbocycles. The molecule has 106 valence electrons. The number of nitrogens with one attached hydrogen (secondary N) is 2. The molecule has 0 amide bonds. The molecule has 1 aromatic carbocycles. The molecule has 1 saturated heterocycles. The van der Waals surface area contributed by atoms with Gasteiger partial charge in [0.05, 0.1) is 23.9 Å². The van der Waals surface area contributed by atoms with E-state index in [4.69, 9.17) is 0 Å². The van der Waals surface area contributed by atoms with Crippen LogP contribution in [0.1, 0.15) is 12.8 Å². The van der Waals surface area contributed by atoms with Crippen LogP contribution in [0.4, 0.5) is 11.4 Å². The lowest BCUT2D eigenvalue weighted by Gasteiger charge is -2.21. The van der Waals surface area contributed by atoms with E-state index in [1.165, 1.54) is 12.5 Å². The van der Waals surface area contributed by atoms with Crippen molar-refractivity contribution in [1.29, 1.82) is 0 Å². The Morgan fingerprint density at radius 2 is 1.95 bits per heavy atom. The number of aromatic amines is 1. The number of rotatable bonds is 4. The Morgan fingerprint density at radius 3 is 2.65 bits per heavy atom. The Kier molecular flexibility index (Phi) is 3.35. The summed E-state index contributed by atoms with van der Waals surface area (Å²) in [5.74, 6) is 0. The van der Waals surface area contributed by atoms with Crippen molar-refractivity contribution in [2.45, 2.75) is 17.9 Å². The van der Waals surface area contributed by atoms with Gasteiger partial charge in [0.1, 0.15) is 0 Å². The summed E-state index contributed by atoms with van der Waals surface area (Å²) in [6.07, 6.45) is 4.92. The van der Waals surface area contributed by atoms with Crippen LogP contribution >= 0.6 is 0 Å². The van der Waals surface area contributed by atoms with Gasteiger partial charge in [0, 0.05) is 13.1 Å². The molecule has 1 aliphatic rings. The molecule has 0 radical (unpaired) electrons. The summed E-state index contributed by atoms with van der Waals surface area (Å²) in [4.78, 5) is 8.56. The lowest BCUT2D eigenvalue weighted by Crippen LogP contribution is -2.21. The first-order valence-electron chi connectivity index (χ1n) is 6.52. The maximum Gasteiger partial charge on any atom is 0.279 e. The molecule has 3 rings (SSSR count). The summed E-state index contributed by atoms with van der Waals surface area (Å²) in [5, 5.41) is 0.0636. The van der Waals surface area contributed by atoms with Crippen molar-refractivity contribution in [1.82, 2.24) is 9.97 Å². The quantitative estimate of drug-likeness (QED) is 0.901. The second-order valence-corrected chi connectivity index (χ2v) is 6.38. The van der Waals surface area contributed by atoms with Crippen molar-refractivity contribution in [2.24, 2.45) is 0 Å². The number of benzene rings is 1. The van der Waals surface area contributed by atoms with Crippen LogP contribution < -0.4 is 9.62 Å². The fourth-order valence-electron chi connectivity index (χ4n) is 2.38. The average Bonchev–Trinajstić information content (AvgIpc) is 3.13. The van der Waals surface area contributed by atoms with Crippen LogP contribution in [-0.4, -0.2) is 31.5 Å². The molecule has 6 nitrogen and oxygen atoms in total. The fraction of sp³-hybridized carbons (Fsp3) is 0.308. The monoisotopic (exact) mass is 292 g/mol. The number of hydrogen-bond donors (Lipinski definition) is 2. The lowest BCUT2D eigenvalue weighted by molar-refractivity contribution is 0.598. The van der Waals surface area contributed by atoms with Gasteiger partial charge in [-0.25, -0.2) is 4.98 Å². The summed E-state index contributed by atoms with van der Waals surface area (Å²) < 4.78 is 27.1. The molecule has 1 fully saturated rings. The number of sulfonamides is 1. The van der Waals surface area contributed by atoms with Crippen LogP contribution in [0.2, 0.25) is 0 Å². The molecule has 0 unspecified atom stereocenters. The highest BCUT2D eigenvalue weighted by Crippen LogP contribution is 2.30. The third-order valence-electron chi connectivity index (χ3n) is 3.36. The first-order valence-corrected chi connectivity index (χ1v) is 8.00. The van der Waals surface area contributed by atoms with E-state index in [2.05, 4.69) is 19.6 Å². The highest BCUT2D eigenvalue weighted by molar-refractivity contribution is 7.92. The van der Waals surface area contributed by atoms with Crippen molar-refractivity contribution >= 4 is 21.4 Å². The number of hydrogen-bond acceptors (Lipinski definition) is 4. The van der Waals surface area contributed by atoms with Gasteiger partial charge in [0.2, 0.25) is 0 Å². The van der Waals surface area contributed by atoms with Crippen molar-refractivity contribution < 1.29 is 8.42 Å². The topological polar surface area (TPSA) is 78.1 Å². The first-order chi connectivity index (χ1) is 9.67. The van der Waals surface area contributed by atoms with E-state index in [-0.39, 0.29) is 5.03 Å². The van der Waals surface area contributed by atoms with Crippen molar-refractivity contribution in [3.8, 4) is 0 Å². The number of aromatic nitrogens is 2. The minimum Gasteiger partial charge on any atom is -0.370 e. The molecule has 0 atom stereocenters. The van der Waals surface area contributed by atoms with Crippen LogP contribution in [0.25, 0.3) is 0 Å². The van der Waals surface area contributed by atoms with E-state index in [1.807, 2.05) is 18.2 Å². The molecule has 0 spiro atoms. The summed E-state index contributed by atoms with van der Waals surface area (Å²) in [5.41, 5.74) is 1.53. The SMILES string of the molecule is O=S(=O)(Nc1ccccc1N1CCCC1)c1cnc[nH]1. The lowest BCUT2D eigenvalue weighted by atomic mass is 10.2. The summed E-state index contributed by atoms with van der Waals surface area (Å²) in [7, 11) is -3.62. The summed E-state index contributed by atoms with van der Waals surface area (Å²) in [6, 6.07) is 7.46. The average molecular weight is 292 g/mol. The second kappa shape index (κ2) is 5.16. The first kappa shape index (κ1) is 13.0. The number of anilines is 2. The standard InChI is InChI=1S/C13H16N4O2S/c18-20(19,13-9-14-10-15-13)16-11-5-1-2-6-12(11)17-7-3-4-8-17/h1-2,5-6,9-10,16H,3-4,7-8H2,(H,14,15). The molecule has 2 heterocycles. The van der Waals surface area contributed by atoms with Gasteiger partial charge < -0.3 is 9.88 Å².